The zero-order chi connectivity index (χ0) is 31.1. The van der Waals surface area contributed by atoms with E-state index >= 15 is 0 Å². The number of rotatable bonds is 7. The zero-order valence-electron chi connectivity index (χ0n) is 27.3. The van der Waals surface area contributed by atoms with Crippen molar-refractivity contribution in [3.8, 4) is 11.1 Å². The molecule has 0 spiro atoms. The third-order valence-electron chi connectivity index (χ3n) is 10.1. The summed E-state index contributed by atoms with van der Waals surface area (Å²) in [5.41, 5.74) is 13.5. The highest BCUT2D eigenvalue weighted by Crippen LogP contribution is 2.52. The molecule has 2 aliphatic rings. The van der Waals surface area contributed by atoms with Crippen LogP contribution in [0.2, 0.25) is 0 Å². The van der Waals surface area contributed by atoms with Crippen LogP contribution in [-0.2, 0) is 11.8 Å². The summed E-state index contributed by atoms with van der Waals surface area (Å²) in [6, 6.07) is 29.3. The van der Waals surface area contributed by atoms with E-state index in [0.29, 0.717) is 5.92 Å². The lowest BCUT2D eigenvalue weighted by Crippen LogP contribution is -2.23. The van der Waals surface area contributed by atoms with Crippen molar-refractivity contribution in [3.63, 3.8) is 0 Å². The van der Waals surface area contributed by atoms with Gasteiger partial charge in [0, 0.05) is 34.7 Å². The largest absolute Gasteiger partial charge is 0.316 e. The molecular formula is C44H43N. The van der Waals surface area contributed by atoms with Crippen molar-refractivity contribution in [3.05, 3.63) is 149 Å². The molecular weight excluding hydrogens is 542 g/mol. The highest BCUT2D eigenvalue weighted by molar-refractivity contribution is 6.17. The van der Waals surface area contributed by atoms with Gasteiger partial charge in [0.25, 0.3) is 0 Å². The van der Waals surface area contributed by atoms with E-state index in [1.807, 2.05) is 0 Å². The average Bonchev–Trinajstić information content (AvgIpc) is 3.37. The number of nitrogens with zero attached hydrogens (tertiary/aromatic N) is 1. The molecule has 7 rings (SSSR count). The molecule has 1 atom stereocenters. The van der Waals surface area contributed by atoms with Gasteiger partial charge in [0.15, 0.2) is 0 Å². The van der Waals surface area contributed by atoms with E-state index in [4.69, 9.17) is 0 Å². The van der Waals surface area contributed by atoms with Crippen LogP contribution in [-0.4, -0.2) is 4.57 Å². The van der Waals surface area contributed by atoms with Crippen LogP contribution in [0.5, 0.6) is 0 Å². The molecule has 0 saturated heterocycles. The Balaban J connectivity index is 1.53. The van der Waals surface area contributed by atoms with Gasteiger partial charge in [-0.2, -0.15) is 0 Å². The van der Waals surface area contributed by atoms with Crippen LogP contribution in [0.1, 0.15) is 75.4 Å². The van der Waals surface area contributed by atoms with Gasteiger partial charge in [-0.05, 0) is 86.7 Å². The molecule has 0 N–H and O–H groups in total. The summed E-state index contributed by atoms with van der Waals surface area (Å²) in [5, 5.41) is 4.08. The Morgan fingerprint density at radius 1 is 0.889 bits per heavy atom. The summed E-state index contributed by atoms with van der Waals surface area (Å²) in [5.74, 6) is 0.470. The third kappa shape index (κ3) is 4.86. The summed E-state index contributed by atoms with van der Waals surface area (Å²) in [6.45, 7) is 11.6. The van der Waals surface area contributed by atoms with Gasteiger partial charge in [0.05, 0.1) is 5.52 Å². The topological polar surface area (TPSA) is 4.93 Å². The van der Waals surface area contributed by atoms with Crippen molar-refractivity contribution in [2.75, 3.05) is 0 Å². The van der Waals surface area contributed by atoms with E-state index in [9.17, 15) is 0 Å². The van der Waals surface area contributed by atoms with Crippen molar-refractivity contribution in [2.24, 2.45) is 5.92 Å². The van der Waals surface area contributed by atoms with E-state index < -0.39 is 0 Å². The Kier molecular flexibility index (Phi) is 7.58. The summed E-state index contributed by atoms with van der Waals surface area (Å²) < 4.78 is 2.48. The van der Waals surface area contributed by atoms with E-state index in [2.05, 4.69) is 167 Å². The van der Waals surface area contributed by atoms with Crippen LogP contribution in [0.4, 0.5) is 0 Å². The summed E-state index contributed by atoms with van der Waals surface area (Å²) in [4.78, 5) is 0. The number of hydrogen-bond donors (Lipinski definition) is 0. The molecule has 224 valence electrons. The maximum Gasteiger partial charge on any atom is 0.0616 e. The summed E-state index contributed by atoms with van der Waals surface area (Å²) in [6.07, 6.45) is 21.4. The van der Waals surface area contributed by atoms with E-state index in [-0.39, 0.29) is 5.41 Å². The Morgan fingerprint density at radius 2 is 1.67 bits per heavy atom. The van der Waals surface area contributed by atoms with Crippen molar-refractivity contribution >= 4 is 39.5 Å². The Morgan fingerprint density at radius 3 is 2.47 bits per heavy atom. The molecule has 1 nitrogen and oxygen atoms in total. The van der Waals surface area contributed by atoms with Gasteiger partial charge >= 0.3 is 0 Å². The normalized spacial score (nSPS) is 17.1. The molecule has 1 heterocycles. The fraction of sp³-hybridized carbons (Fsp3) is 0.227. The Bertz CT molecular complexity index is 2070. The first-order chi connectivity index (χ1) is 21.9. The van der Waals surface area contributed by atoms with Gasteiger partial charge < -0.3 is 4.57 Å². The highest BCUT2D eigenvalue weighted by Gasteiger charge is 2.35. The summed E-state index contributed by atoms with van der Waals surface area (Å²) >= 11 is 0. The van der Waals surface area contributed by atoms with E-state index in [1.165, 1.54) is 71.9 Å². The van der Waals surface area contributed by atoms with Gasteiger partial charge in [-0.25, -0.2) is 0 Å². The standard InChI is InChI=1S/C44H43N/c1-6-8-10-17-31-25-26-40-36(28-31)37-29-33-20-15-24-39-41(33)42(35-21-13-14-23-38(35)44(39,4)5)43(37)45(40)27-16-22-34(30(3)7-2)32-18-11-9-12-19-32/h8-27,29-30H,6-7,28H2,1-5H3/b10-8-,27-16+,31-17-,34-22+. The lowest BCUT2D eigenvalue weighted by atomic mass is 9.68. The smallest absolute Gasteiger partial charge is 0.0616 e. The fourth-order valence-electron chi connectivity index (χ4n) is 7.55. The minimum Gasteiger partial charge on any atom is -0.316 e. The van der Waals surface area contributed by atoms with E-state index in [1.54, 1.807) is 0 Å². The SMILES string of the molecule is CC/C=C\C=C1\C=Cc2c(c3cc4cccc5c4c(c3n2/C=C/C=C(/c2ccccc2)C(C)CC)-c2ccccc2C5(C)C)C1. The third-order valence-corrected chi connectivity index (χ3v) is 10.1. The molecule has 2 aliphatic carbocycles. The summed E-state index contributed by atoms with van der Waals surface area (Å²) in [7, 11) is 0. The lowest BCUT2D eigenvalue weighted by molar-refractivity contribution is 0.645. The van der Waals surface area contributed by atoms with Crippen LogP contribution in [0.15, 0.2) is 121 Å². The highest BCUT2D eigenvalue weighted by atomic mass is 15.0. The van der Waals surface area contributed by atoms with Crippen LogP contribution < -0.4 is 0 Å². The van der Waals surface area contributed by atoms with Gasteiger partial charge in [0.1, 0.15) is 0 Å². The maximum atomic E-state index is 2.48. The van der Waals surface area contributed by atoms with Gasteiger partial charge in [0.2, 0.25) is 0 Å². The van der Waals surface area contributed by atoms with Crippen LogP contribution in [0, 0.1) is 5.92 Å². The maximum absolute atomic E-state index is 2.48. The van der Waals surface area contributed by atoms with Crippen molar-refractivity contribution in [1.82, 2.24) is 4.57 Å². The van der Waals surface area contributed by atoms with Crippen molar-refractivity contribution < 1.29 is 0 Å². The average molecular weight is 586 g/mol. The Hall–Kier alpha value is -4.62. The van der Waals surface area contributed by atoms with Crippen LogP contribution in [0.3, 0.4) is 0 Å². The second kappa shape index (κ2) is 11.7. The first-order valence-corrected chi connectivity index (χ1v) is 16.6. The predicted molar refractivity (Wildman–Crippen MR) is 196 cm³/mol. The van der Waals surface area contributed by atoms with Crippen LogP contribution in [0.25, 0.3) is 50.7 Å². The molecule has 0 amide bonds. The minimum atomic E-state index is -0.0747. The Labute approximate surface area is 268 Å². The van der Waals surface area contributed by atoms with E-state index in [0.717, 1.165) is 19.3 Å². The lowest BCUT2D eigenvalue weighted by Gasteiger charge is -2.35. The number of hydrogen-bond acceptors (Lipinski definition) is 0. The number of aromatic nitrogens is 1. The van der Waals surface area contributed by atoms with Crippen molar-refractivity contribution in [1.29, 1.82) is 0 Å². The molecule has 1 unspecified atom stereocenters. The second-order valence-corrected chi connectivity index (χ2v) is 13.2. The minimum absolute atomic E-state index is 0.0747. The molecule has 4 aromatic carbocycles. The van der Waals surface area contributed by atoms with Gasteiger partial charge in [-0.3, -0.25) is 0 Å². The number of benzene rings is 4. The monoisotopic (exact) mass is 585 g/mol. The van der Waals surface area contributed by atoms with Gasteiger partial charge in [-0.15, -0.1) is 0 Å². The molecule has 5 aromatic rings. The zero-order valence-corrected chi connectivity index (χ0v) is 27.3. The molecule has 45 heavy (non-hydrogen) atoms. The molecule has 0 aliphatic heterocycles. The number of allylic oxidation sites excluding steroid dienone is 8. The molecule has 1 aromatic heterocycles. The molecule has 1 heteroatoms. The fourth-order valence-corrected chi connectivity index (χ4v) is 7.55. The quantitative estimate of drug-likeness (QED) is 0.167. The number of fused-ring (bicyclic) bond motifs is 6. The molecule has 0 saturated carbocycles. The van der Waals surface area contributed by atoms with Gasteiger partial charge in [-0.1, -0.05) is 138 Å². The molecule has 0 fully saturated rings. The predicted octanol–water partition coefficient (Wildman–Crippen LogP) is 12.2. The van der Waals surface area contributed by atoms with Crippen LogP contribution >= 0.6 is 0 Å². The molecule has 0 radical (unpaired) electrons. The second-order valence-electron chi connectivity index (χ2n) is 13.2. The first kappa shape index (κ1) is 29.1. The first-order valence-electron chi connectivity index (χ1n) is 16.6. The molecule has 0 bridgehead atoms. The van der Waals surface area contributed by atoms with Crippen molar-refractivity contribution in [2.45, 2.75) is 59.3 Å².